The highest BCUT2D eigenvalue weighted by Gasteiger charge is 2.17. The average molecular weight is 535 g/mol. The Morgan fingerprint density at radius 3 is 1.42 bits per heavy atom. The van der Waals surface area contributed by atoms with Gasteiger partial charge < -0.3 is 10.6 Å². The molecule has 0 unspecified atom stereocenters. The summed E-state index contributed by atoms with van der Waals surface area (Å²) in [5, 5.41) is 7.67. The molecule has 0 saturated carbocycles. The fourth-order valence-corrected chi connectivity index (χ4v) is 6.31. The molecule has 0 aliphatic carbocycles. The van der Waals surface area contributed by atoms with Gasteiger partial charge in [-0.15, -0.1) is 22.7 Å². The molecule has 0 aliphatic rings. The fraction of sp³-hybridized carbons (Fsp3) is 0.0667. The van der Waals surface area contributed by atoms with E-state index in [1.165, 1.54) is 13.8 Å². The van der Waals surface area contributed by atoms with Crippen molar-refractivity contribution < 1.29 is 9.59 Å². The smallest absolute Gasteiger partial charge is 0.221 e. The zero-order chi connectivity index (χ0) is 26.2. The molecule has 0 saturated heterocycles. The Hall–Kier alpha value is -4.40. The molecule has 0 radical (unpaired) electrons. The predicted octanol–water partition coefficient (Wildman–Crippen LogP) is 7.82. The Kier molecular flexibility index (Phi) is 6.19. The number of benzene rings is 4. The van der Waals surface area contributed by atoms with Crippen LogP contribution in [0.2, 0.25) is 0 Å². The number of fused-ring (bicyclic) bond motifs is 2. The number of carbonyl (C=O) groups excluding carboxylic acids is 2. The van der Waals surface area contributed by atoms with Gasteiger partial charge >= 0.3 is 0 Å². The molecule has 2 N–H and O–H groups in total. The van der Waals surface area contributed by atoms with E-state index in [-0.39, 0.29) is 11.8 Å². The van der Waals surface area contributed by atoms with Crippen molar-refractivity contribution in [2.24, 2.45) is 0 Å². The molecule has 0 bridgehead atoms. The third-order valence-electron chi connectivity index (χ3n) is 6.03. The number of thiazole rings is 2. The van der Waals surface area contributed by atoms with Gasteiger partial charge in [0.05, 0.1) is 20.4 Å². The Morgan fingerprint density at radius 2 is 1.03 bits per heavy atom. The topological polar surface area (TPSA) is 84.0 Å². The van der Waals surface area contributed by atoms with Gasteiger partial charge in [-0.3, -0.25) is 9.59 Å². The van der Waals surface area contributed by atoms with Gasteiger partial charge in [0.2, 0.25) is 11.8 Å². The van der Waals surface area contributed by atoms with Crippen LogP contribution in [0.1, 0.15) is 13.8 Å². The number of para-hydroxylation sites is 2. The first-order chi connectivity index (χ1) is 18.4. The van der Waals surface area contributed by atoms with Crippen molar-refractivity contribution in [2.45, 2.75) is 13.8 Å². The number of hydrogen-bond donors (Lipinski definition) is 2. The van der Waals surface area contributed by atoms with Crippen LogP contribution in [0.3, 0.4) is 0 Å². The predicted molar refractivity (Wildman–Crippen MR) is 158 cm³/mol. The second kappa shape index (κ2) is 9.81. The summed E-state index contributed by atoms with van der Waals surface area (Å²) in [6.45, 7) is 2.97. The molecule has 0 fully saturated rings. The summed E-state index contributed by atoms with van der Waals surface area (Å²) < 4.78 is 2.21. The molecule has 38 heavy (non-hydrogen) atoms. The summed E-state index contributed by atoms with van der Waals surface area (Å²) in [5.41, 5.74) is 6.59. The lowest BCUT2D eigenvalue weighted by molar-refractivity contribution is -0.115. The third kappa shape index (κ3) is 4.67. The van der Waals surface area contributed by atoms with Crippen molar-refractivity contribution in [3.05, 3.63) is 84.9 Å². The molecule has 0 spiro atoms. The van der Waals surface area contributed by atoms with E-state index in [2.05, 4.69) is 22.8 Å². The Balaban J connectivity index is 1.55. The number of aromatic nitrogens is 2. The summed E-state index contributed by atoms with van der Waals surface area (Å²) in [4.78, 5) is 33.9. The minimum Gasteiger partial charge on any atom is -0.326 e. The summed E-state index contributed by atoms with van der Waals surface area (Å²) >= 11 is 3.23. The van der Waals surface area contributed by atoms with Crippen molar-refractivity contribution in [1.82, 2.24) is 9.97 Å². The number of nitrogens with one attached hydrogen (secondary N) is 2. The lowest BCUT2D eigenvalue weighted by Crippen LogP contribution is -2.09. The molecule has 0 aliphatic heterocycles. The van der Waals surface area contributed by atoms with E-state index in [0.29, 0.717) is 11.4 Å². The van der Waals surface area contributed by atoms with Gasteiger partial charge in [-0.1, -0.05) is 24.3 Å². The van der Waals surface area contributed by atoms with Crippen LogP contribution in [0.25, 0.3) is 52.7 Å². The van der Waals surface area contributed by atoms with E-state index < -0.39 is 0 Å². The maximum atomic E-state index is 12.1. The summed E-state index contributed by atoms with van der Waals surface area (Å²) in [6, 6.07) is 27.8. The maximum Gasteiger partial charge on any atom is 0.221 e. The standard InChI is InChI=1S/C30H22N4O2S2/c1-17(35)31-23-13-11-19(29-33-25-7-3-5-9-27(25)37-29)15-21(23)22-16-20(12-14-24(22)32-18(2)36)30-34-26-8-4-6-10-28(26)38-30/h3-16H,1-2H3,(H,31,35)(H,32,36). The Labute approximate surface area is 227 Å². The zero-order valence-corrected chi connectivity index (χ0v) is 22.2. The maximum absolute atomic E-state index is 12.1. The number of nitrogens with zero attached hydrogens (tertiary/aromatic N) is 2. The number of carbonyl (C=O) groups is 2. The number of rotatable bonds is 5. The molecule has 8 heteroatoms. The largest absolute Gasteiger partial charge is 0.326 e. The first-order valence-corrected chi connectivity index (χ1v) is 13.6. The molecular weight excluding hydrogens is 512 g/mol. The first kappa shape index (κ1) is 24.0. The molecule has 2 heterocycles. The normalized spacial score (nSPS) is 11.1. The molecule has 6 rings (SSSR count). The lowest BCUT2D eigenvalue weighted by atomic mass is 9.97. The highest BCUT2D eigenvalue weighted by molar-refractivity contribution is 7.22. The van der Waals surface area contributed by atoms with Crippen LogP contribution >= 0.6 is 22.7 Å². The number of amides is 2. The van der Waals surface area contributed by atoms with E-state index >= 15 is 0 Å². The summed E-state index contributed by atoms with van der Waals surface area (Å²) in [5.74, 6) is -0.357. The molecule has 2 aromatic heterocycles. The van der Waals surface area contributed by atoms with Crippen molar-refractivity contribution in [1.29, 1.82) is 0 Å². The minimum atomic E-state index is -0.178. The van der Waals surface area contributed by atoms with Gasteiger partial charge in [-0.05, 0) is 60.7 Å². The van der Waals surface area contributed by atoms with Crippen molar-refractivity contribution in [2.75, 3.05) is 10.6 Å². The van der Waals surface area contributed by atoms with Crippen molar-refractivity contribution in [3.63, 3.8) is 0 Å². The molecule has 2 amide bonds. The van der Waals surface area contributed by atoms with Gasteiger partial charge in [0.25, 0.3) is 0 Å². The van der Waals surface area contributed by atoms with Gasteiger partial charge in [0, 0.05) is 47.5 Å². The molecule has 6 nitrogen and oxygen atoms in total. The van der Waals surface area contributed by atoms with Gasteiger partial charge in [-0.2, -0.15) is 0 Å². The number of hydrogen-bond acceptors (Lipinski definition) is 6. The van der Waals surface area contributed by atoms with Crippen molar-refractivity contribution >= 4 is 66.3 Å². The molecule has 6 aromatic rings. The van der Waals surface area contributed by atoms with Crippen molar-refractivity contribution in [3.8, 4) is 32.3 Å². The van der Waals surface area contributed by atoms with Crippen LogP contribution in [0, 0.1) is 0 Å². The van der Waals surface area contributed by atoms with Crippen LogP contribution in [-0.4, -0.2) is 21.8 Å². The molecule has 0 atom stereocenters. The average Bonchev–Trinajstić information content (AvgIpc) is 3.53. The van der Waals surface area contributed by atoms with Gasteiger partial charge in [0.1, 0.15) is 10.0 Å². The molecule has 186 valence electrons. The summed E-state index contributed by atoms with van der Waals surface area (Å²) in [6.07, 6.45) is 0. The van der Waals surface area contributed by atoms with E-state index in [9.17, 15) is 9.59 Å². The van der Waals surface area contributed by atoms with E-state index in [1.54, 1.807) is 22.7 Å². The SMILES string of the molecule is CC(=O)Nc1ccc(-c2nc3ccccc3s2)cc1-c1cc(-c2nc3ccccc3s2)ccc1NC(C)=O. The Morgan fingerprint density at radius 1 is 0.605 bits per heavy atom. The number of anilines is 2. The second-order valence-corrected chi connectivity index (χ2v) is 10.9. The van der Waals surface area contributed by atoms with Gasteiger partial charge in [0.15, 0.2) is 0 Å². The van der Waals surface area contributed by atoms with Crippen LogP contribution < -0.4 is 10.6 Å². The van der Waals surface area contributed by atoms with E-state index in [4.69, 9.17) is 9.97 Å². The summed E-state index contributed by atoms with van der Waals surface area (Å²) in [7, 11) is 0. The van der Waals surface area contributed by atoms with Gasteiger partial charge in [-0.25, -0.2) is 9.97 Å². The minimum absolute atomic E-state index is 0.178. The first-order valence-electron chi connectivity index (χ1n) is 12.0. The lowest BCUT2D eigenvalue weighted by Gasteiger charge is -2.17. The highest BCUT2D eigenvalue weighted by atomic mass is 32.1. The quantitative estimate of drug-likeness (QED) is 0.236. The molecule has 4 aromatic carbocycles. The van der Waals surface area contributed by atoms with Crippen LogP contribution in [0.4, 0.5) is 11.4 Å². The van der Waals surface area contributed by atoms with Crippen LogP contribution in [0.15, 0.2) is 84.9 Å². The Bertz CT molecular complexity index is 1650. The zero-order valence-electron chi connectivity index (χ0n) is 20.6. The van der Waals surface area contributed by atoms with Crippen LogP contribution in [-0.2, 0) is 9.59 Å². The monoisotopic (exact) mass is 534 g/mol. The van der Waals surface area contributed by atoms with E-state index in [1.807, 2.05) is 72.8 Å². The third-order valence-corrected chi connectivity index (χ3v) is 8.20. The second-order valence-electron chi connectivity index (χ2n) is 8.86. The van der Waals surface area contributed by atoms with Crippen LogP contribution in [0.5, 0.6) is 0 Å². The molecular formula is C30H22N4O2S2. The fourth-order valence-electron chi connectivity index (χ4n) is 4.39. The van der Waals surface area contributed by atoms with E-state index in [0.717, 1.165) is 52.7 Å². The highest BCUT2D eigenvalue weighted by Crippen LogP contribution is 2.41.